The van der Waals surface area contributed by atoms with Gasteiger partial charge in [-0.2, -0.15) is 0 Å². The summed E-state index contributed by atoms with van der Waals surface area (Å²) in [5, 5.41) is 13.0. The molecule has 1 saturated heterocycles. The highest BCUT2D eigenvalue weighted by atomic mass is 16.5. The number of hydrogen-bond donors (Lipinski definition) is 2. The highest BCUT2D eigenvalue weighted by Crippen LogP contribution is 2.27. The zero-order chi connectivity index (χ0) is 13.8. The number of ether oxygens (including phenoxy) is 1. The maximum absolute atomic E-state index is 12.0. The van der Waals surface area contributed by atoms with Gasteiger partial charge in [-0.05, 0) is 38.0 Å². The lowest BCUT2D eigenvalue weighted by Gasteiger charge is -2.27. The number of amides is 1. The van der Waals surface area contributed by atoms with Gasteiger partial charge in [0.15, 0.2) is 0 Å². The van der Waals surface area contributed by atoms with Crippen LogP contribution in [0.5, 0.6) is 0 Å². The maximum Gasteiger partial charge on any atom is 0.249 e. The summed E-state index contributed by atoms with van der Waals surface area (Å²) in [4.78, 5) is 12.0. The first-order valence-corrected chi connectivity index (χ1v) is 7.69. The topological polar surface area (TPSA) is 58.6 Å². The zero-order valence-corrected chi connectivity index (χ0v) is 12.1. The van der Waals surface area contributed by atoms with Crippen molar-refractivity contribution in [3.05, 3.63) is 0 Å². The molecule has 0 spiro atoms. The summed E-state index contributed by atoms with van der Waals surface area (Å²) in [6, 6.07) is 0. The van der Waals surface area contributed by atoms with Crippen LogP contribution in [0.15, 0.2) is 0 Å². The Kier molecular flexibility index (Phi) is 5.22. The number of aliphatic hydroxyl groups is 1. The zero-order valence-electron chi connectivity index (χ0n) is 12.1. The van der Waals surface area contributed by atoms with Gasteiger partial charge >= 0.3 is 0 Å². The Morgan fingerprint density at radius 2 is 2.00 bits per heavy atom. The lowest BCUT2D eigenvalue weighted by atomic mass is 9.85. The minimum Gasteiger partial charge on any atom is -0.391 e. The van der Waals surface area contributed by atoms with Crippen LogP contribution in [0.2, 0.25) is 0 Å². The van der Waals surface area contributed by atoms with Crippen molar-refractivity contribution < 1.29 is 14.6 Å². The van der Waals surface area contributed by atoms with Gasteiger partial charge < -0.3 is 15.2 Å². The van der Waals surface area contributed by atoms with E-state index in [0.717, 1.165) is 19.3 Å². The molecule has 1 amide bonds. The number of rotatable bonds is 4. The third kappa shape index (κ3) is 3.93. The highest BCUT2D eigenvalue weighted by molar-refractivity contribution is 5.81. The van der Waals surface area contributed by atoms with Gasteiger partial charge in [0, 0.05) is 6.54 Å². The molecule has 4 heteroatoms. The van der Waals surface area contributed by atoms with E-state index >= 15 is 0 Å². The van der Waals surface area contributed by atoms with Crippen LogP contribution in [0.3, 0.4) is 0 Å². The van der Waals surface area contributed by atoms with E-state index in [1.165, 1.54) is 19.3 Å². The molecule has 1 aliphatic carbocycles. The van der Waals surface area contributed by atoms with Crippen LogP contribution >= 0.6 is 0 Å². The third-order valence-electron chi connectivity index (χ3n) is 4.54. The molecular weight excluding hydrogens is 242 g/mol. The van der Waals surface area contributed by atoms with Gasteiger partial charge in [0.25, 0.3) is 0 Å². The summed E-state index contributed by atoms with van der Waals surface area (Å²) in [5.74, 6) is 0.559. The Bertz CT molecular complexity index is 302. The number of hydrogen-bond acceptors (Lipinski definition) is 3. The van der Waals surface area contributed by atoms with Crippen LogP contribution in [-0.4, -0.2) is 35.9 Å². The molecule has 0 bridgehead atoms. The van der Waals surface area contributed by atoms with Crippen LogP contribution in [0.25, 0.3) is 0 Å². The fourth-order valence-corrected chi connectivity index (χ4v) is 3.40. The van der Waals surface area contributed by atoms with Crippen LogP contribution in [0.1, 0.15) is 52.4 Å². The van der Waals surface area contributed by atoms with Gasteiger partial charge in [-0.1, -0.05) is 26.2 Å². The van der Waals surface area contributed by atoms with Gasteiger partial charge in [0.1, 0.15) is 6.10 Å². The molecule has 2 rings (SSSR count). The Labute approximate surface area is 115 Å². The van der Waals surface area contributed by atoms with E-state index in [-0.39, 0.29) is 24.0 Å². The summed E-state index contributed by atoms with van der Waals surface area (Å²) in [6.07, 6.45) is 6.21. The second kappa shape index (κ2) is 6.71. The molecule has 4 nitrogen and oxygen atoms in total. The molecule has 19 heavy (non-hydrogen) atoms. The predicted molar refractivity (Wildman–Crippen MR) is 73.7 cm³/mol. The average molecular weight is 269 g/mol. The van der Waals surface area contributed by atoms with E-state index in [2.05, 4.69) is 5.32 Å². The maximum atomic E-state index is 12.0. The van der Waals surface area contributed by atoms with Crippen molar-refractivity contribution in [2.75, 3.05) is 6.54 Å². The van der Waals surface area contributed by atoms with Crippen molar-refractivity contribution in [2.45, 2.75) is 70.7 Å². The molecule has 110 valence electrons. The van der Waals surface area contributed by atoms with Crippen molar-refractivity contribution >= 4 is 5.91 Å². The molecule has 0 aromatic rings. The number of carbonyl (C=O) groups excluding carboxylic acids is 1. The first-order valence-electron chi connectivity index (χ1n) is 7.69. The van der Waals surface area contributed by atoms with E-state index in [4.69, 9.17) is 4.74 Å². The quantitative estimate of drug-likeness (QED) is 0.819. The second-order valence-corrected chi connectivity index (χ2v) is 6.29. The molecule has 4 atom stereocenters. The Morgan fingerprint density at radius 1 is 1.32 bits per heavy atom. The summed E-state index contributed by atoms with van der Waals surface area (Å²) in [6.45, 7) is 4.41. The fraction of sp³-hybridized carbons (Fsp3) is 0.933. The number of nitrogens with one attached hydrogen (secondary N) is 1. The van der Waals surface area contributed by atoms with E-state index in [1.54, 1.807) is 0 Å². The molecule has 2 fully saturated rings. The number of aliphatic hydroxyl groups excluding tert-OH is 1. The first kappa shape index (κ1) is 14.8. The summed E-state index contributed by atoms with van der Waals surface area (Å²) in [7, 11) is 0. The highest BCUT2D eigenvalue weighted by Gasteiger charge is 2.35. The van der Waals surface area contributed by atoms with E-state index in [9.17, 15) is 9.90 Å². The summed E-state index contributed by atoms with van der Waals surface area (Å²) >= 11 is 0. The standard InChI is InChI=1S/C15H27NO3/c1-10-8-11(2)19-14(10)15(18)16-9-13(17)12-6-4-3-5-7-12/h10-14,17H,3-9H2,1-2H3,(H,16,18). The van der Waals surface area contributed by atoms with Gasteiger partial charge in [-0.3, -0.25) is 4.79 Å². The Hall–Kier alpha value is -0.610. The third-order valence-corrected chi connectivity index (χ3v) is 4.54. The molecular formula is C15H27NO3. The molecule has 0 aromatic heterocycles. The molecule has 1 saturated carbocycles. The monoisotopic (exact) mass is 269 g/mol. The SMILES string of the molecule is CC1CC(C)C(C(=O)NCC(O)C2CCCCC2)O1. The molecule has 1 heterocycles. The normalized spacial score (nSPS) is 34.2. The largest absolute Gasteiger partial charge is 0.391 e. The van der Waals surface area contributed by atoms with Crippen molar-refractivity contribution in [2.24, 2.45) is 11.8 Å². The summed E-state index contributed by atoms with van der Waals surface area (Å²) < 4.78 is 5.62. The molecule has 0 aromatic carbocycles. The van der Waals surface area contributed by atoms with Crippen LogP contribution < -0.4 is 5.32 Å². The lowest BCUT2D eigenvalue weighted by Crippen LogP contribution is -2.43. The number of carbonyl (C=O) groups is 1. The van der Waals surface area contributed by atoms with E-state index in [1.807, 2.05) is 13.8 Å². The minimum absolute atomic E-state index is 0.0632. The van der Waals surface area contributed by atoms with Gasteiger partial charge in [-0.25, -0.2) is 0 Å². The second-order valence-electron chi connectivity index (χ2n) is 6.29. The van der Waals surface area contributed by atoms with Crippen molar-refractivity contribution in [1.29, 1.82) is 0 Å². The Balaban J connectivity index is 1.73. The lowest BCUT2D eigenvalue weighted by molar-refractivity contribution is -0.133. The van der Waals surface area contributed by atoms with Gasteiger partial charge in [-0.15, -0.1) is 0 Å². The van der Waals surface area contributed by atoms with Gasteiger partial charge in [0.2, 0.25) is 5.91 Å². The van der Waals surface area contributed by atoms with Crippen molar-refractivity contribution in [3.63, 3.8) is 0 Å². The van der Waals surface area contributed by atoms with Gasteiger partial charge in [0.05, 0.1) is 12.2 Å². The minimum atomic E-state index is -0.404. The van der Waals surface area contributed by atoms with E-state index < -0.39 is 6.10 Å². The summed E-state index contributed by atoms with van der Waals surface area (Å²) in [5.41, 5.74) is 0. The average Bonchev–Trinajstić information content (AvgIpc) is 2.75. The van der Waals surface area contributed by atoms with Crippen molar-refractivity contribution in [3.8, 4) is 0 Å². The first-order chi connectivity index (χ1) is 9.08. The smallest absolute Gasteiger partial charge is 0.249 e. The Morgan fingerprint density at radius 3 is 2.58 bits per heavy atom. The molecule has 2 aliphatic rings. The molecule has 4 unspecified atom stereocenters. The van der Waals surface area contributed by atoms with Crippen molar-refractivity contribution in [1.82, 2.24) is 5.32 Å². The molecule has 1 aliphatic heterocycles. The fourth-order valence-electron chi connectivity index (χ4n) is 3.40. The van der Waals surface area contributed by atoms with Crippen LogP contribution in [0, 0.1) is 11.8 Å². The molecule has 2 N–H and O–H groups in total. The molecule has 0 radical (unpaired) electrons. The van der Waals surface area contributed by atoms with Crippen LogP contribution in [-0.2, 0) is 9.53 Å². The van der Waals surface area contributed by atoms with Crippen LogP contribution in [0.4, 0.5) is 0 Å². The van der Waals surface area contributed by atoms with E-state index in [0.29, 0.717) is 12.5 Å². The predicted octanol–water partition coefficient (Wildman–Crippen LogP) is 1.86.